The van der Waals surface area contributed by atoms with Gasteiger partial charge in [0.05, 0.1) is 23.4 Å². The first-order valence-corrected chi connectivity index (χ1v) is 11.5. The summed E-state index contributed by atoms with van der Waals surface area (Å²) >= 11 is 1.36. The number of benzene rings is 2. The van der Waals surface area contributed by atoms with E-state index in [1.807, 2.05) is 25.1 Å². The number of carbonyl (C=O) groups is 1. The Morgan fingerprint density at radius 2 is 1.82 bits per heavy atom. The Bertz CT molecular complexity index is 937. The van der Waals surface area contributed by atoms with Crippen LogP contribution in [0.15, 0.2) is 52.3 Å². The standard InChI is InChI=1S/C20H24N2O4S2/c1-15-5-10-19(26-2)18(13-15)21-20(23)14-27-16-6-8-17(9-7-16)28(24,25)22-11-3-4-12-22/h5-10,13H,3-4,11-12,14H2,1-2H3,(H,21,23). The number of sulfonamides is 1. The summed E-state index contributed by atoms with van der Waals surface area (Å²) in [5.41, 5.74) is 1.67. The van der Waals surface area contributed by atoms with Gasteiger partial charge < -0.3 is 10.1 Å². The Morgan fingerprint density at radius 3 is 2.46 bits per heavy atom. The molecule has 0 aliphatic carbocycles. The van der Waals surface area contributed by atoms with Crippen molar-refractivity contribution in [2.45, 2.75) is 29.6 Å². The predicted molar refractivity (Wildman–Crippen MR) is 112 cm³/mol. The van der Waals surface area contributed by atoms with Crippen LogP contribution in [0.2, 0.25) is 0 Å². The maximum atomic E-state index is 12.5. The molecule has 3 rings (SSSR count). The summed E-state index contributed by atoms with van der Waals surface area (Å²) in [6, 6.07) is 12.3. The van der Waals surface area contributed by atoms with Gasteiger partial charge in [-0.3, -0.25) is 4.79 Å². The second-order valence-corrected chi connectivity index (χ2v) is 9.61. The lowest BCUT2D eigenvalue weighted by molar-refractivity contribution is -0.113. The molecule has 1 aliphatic heterocycles. The number of nitrogens with zero attached hydrogens (tertiary/aromatic N) is 1. The summed E-state index contributed by atoms with van der Waals surface area (Å²) in [4.78, 5) is 13.4. The molecule has 0 saturated carbocycles. The summed E-state index contributed by atoms with van der Waals surface area (Å²) in [6.45, 7) is 3.12. The van der Waals surface area contributed by atoms with E-state index in [0.29, 0.717) is 29.4 Å². The number of rotatable bonds is 7. The number of ether oxygens (including phenoxy) is 1. The molecular weight excluding hydrogens is 396 g/mol. The average molecular weight is 421 g/mol. The molecule has 1 heterocycles. The molecule has 0 spiro atoms. The monoisotopic (exact) mass is 420 g/mol. The van der Waals surface area contributed by atoms with Gasteiger partial charge in [0.2, 0.25) is 15.9 Å². The molecule has 0 aromatic heterocycles. The average Bonchev–Trinajstić information content (AvgIpc) is 3.23. The number of methoxy groups -OCH3 is 1. The first-order chi connectivity index (χ1) is 13.4. The van der Waals surface area contributed by atoms with Crippen molar-refractivity contribution in [3.8, 4) is 5.75 Å². The van der Waals surface area contributed by atoms with E-state index in [-0.39, 0.29) is 11.7 Å². The molecule has 0 bridgehead atoms. The number of nitrogens with one attached hydrogen (secondary N) is 1. The van der Waals surface area contributed by atoms with Crippen molar-refractivity contribution in [3.05, 3.63) is 48.0 Å². The molecule has 1 aliphatic rings. The Balaban J connectivity index is 1.59. The zero-order chi connectivity index (χ0) is 20.1. The molecule has 0 unspecified atom stereocenters. The predicted octanol–water partition coefficient (Wildman–Crippen LogP) is 3.52. The van der Waals surface area contributed by atoms with Crippen LogP contribution in [0.25, 0.3) is 0 Å². The first-order valence-electron chi connectivity index (χ1n) is 9.07. The largest absolute Gasteiger partial charge is 0.495 e. The summed E-state index contributed by atoms with van der Waals surface area (Å²) in [7, 11) is -1.85. The number of thioether (sulfide) groups is 1. The minimum absolute atomic E-state index is 0.150. The fourth-order valence-corrected chi connectivity index (χ4v) is 5.26. The summed E-state index contributed by atoms with van der Waals surface area (Å²) in [5.74, 6) is 0.679. The fraction of sp³-hybridized carbons (Fsp3) is 0.350. The number of anilines is 1. The van der Waals surface area contributed by atoms with Crippen molar-refractivity contribution < 1.29 is 17.9 Å². The van der Waals surface area contributed by atoms with Crippen LogP contribution in [0.3, 0.4) is 0 Å². The van der Waals surface area contributed by atoms with E-state index in [4.69, 9.17) is 4.74 Å². The zero-order valence-corrected chi connectivity index (χ0v) is 17.6. The van der Waals surface area contributed by atoms with E-state index in [0.717, 1.165) is 23.3 Å². The minimum Gasteiger partial charge on any atom is -0.495 e. The van der Waals surface area contributed by atoms with Gasteiger partial charge in [0.25, 0.3) is 0 Å². The van der Waals surface area contributed by atoms with E-state index in [9.17, 15) is 13.2 Å². The molecule has 1 N–H and O–H groups in total. The van der Waals surface area contributed by atoms with Gasteiger partial charge in [0, 0.05) is 18.0 Å². The van der Waals surface area contributed by atoms with Crippen molar-refractivity contribution in [2.75, 3.05) is 31.3 Å². The molecule has 0 radical (unpaired) electrons. The van der Waals surface area contributed by atoms with Gasteiger partial charge in [-0.15, -0.1) is 11.8 Å². The smallest absolute Gasteiger partial charge is 0.243 e. The molecule has 1 fully saturated rings. The maximum Gasteiger partial charge on any atom is 0.243 e. The van der Waals surface area contributed by atoms with Gasteiger partial charge in [-0.05, 0) is 61.7 Å². The Kier molecular flexibility index (Phi) is 6.64. The summed E-state index contributed by atoms with van der Waals surface area (Å²) in [6.07, 6.45) is 1.82. The highest BCUT2D eigenvalue weighted by atomic mass is 32.2. The number of hydrogen-bond acceptors (Lipinski definition) is 5. The van der Waals surface area contributed by atoms with Crippen molar-refractivity contribution in [1.82, 2.24) is 4.31 Å². The molecule has 6 nitrogen and oxygen atoms in total. The second-order valence-electron chi connectivity index (χ2n) is 6.62. The lowest BCUT2D eigenvalue weighted by Gasteiger charge is -2.15. The number of aryl methyl sites for hydroxylation is 1. The van der Waals surface area contributed by atoms with Gasteiger partial charge in [0.1, 0.15) is 5.75 Å². The zero-order valence-electron chi connectivity index (χ0n) is 16.0. The molecule has 1 saturated heterocycles. The highest BCUT2D eigenvalue weighted by Crippen LogP contribution is 2.27. The molecule has 2 aromatic carbocycles. The van der Waals surface area contributed by atoms with Crippen molar-refractivity contribution in [3.63, 3.8) is 0 Å². The van der Waals surface area contributed by atoms with Gasteiger partial charge in [-0.25, -0.2) is 8.42 Å². The van der Waals surface area contributed by atoms with Gasteiger partial charge >= 0.3 is 0 Å². The topological polar surface area (TPSA) is 75.7 Å². The lowest BCUT2D eigenvalue weighted by Crippen LogP contribution is -2.27. The van der Waals surface area contributed by atoms with Crippen LogP contribution in [-0.4, -0.2) is 44.6 Å². The van der Waals surface area contributed by atoms with Crippen molar-refractivity contribution >= 4 is 33.4 Å². The van der Waals surface area contributed by atoms with Crippen molar-refractivity contribution in [1.29, 1.82) is 0 Å². The van der Waals surface area contributed by atoms with E-state index in [1.165, 1.54) is 16.1 Å². The van der Waals surface area contributed by atoms with Crippen LogP contribution < -0.4 is 10.1 Å². The normalized spacial score (nSPS) is 14.8. The van der Waals surface area contributed by atoms with E-state index in [1.54, 1.807) is 31.4 Å². The lowest BCUT2D eigenvalue weighted by atomic mass is 10.2. The summed E-state index contributed by atoms with van der Waals surface area (Å²) in [5, 5.41) is 2.86. The molecular formula is C20H24N2O4S2. The number of amides is 1. The van der Waals surface area contributed by atoms with Crippen LogP contribution in [0.5, 0.6) is 5.75 Å². The minimum atomic E-state index is -3.41. The SMILES string of the molecule is COc1ccc(C)cc1NC(=O)CSc1ccc(S(=O)(=O)N2CCCC2)cc1. The second kappa shape index (κ2) is 8.98. The molecule has 150 valence electrons. The van der Waals surface area contributed by atoms with Gasteiger partial charge in [-0.1, -0.05) is 6.07 Å². The third-order valence-electron chi connectivity index (χ3n) is 4.53. The van der Waals surface area contributed by atoms with E-state index < -0.39 is 10.0 Å². The van der Waals surface area contributed by atoms with Gasteiger partial charge in [0.15, 0.2) is 0 Å². The van der Waals surface area contributed by atoms with E-state index in [2.05, 4.69) is 5.32 Å². The highest BCUT2D eigenvalue weighted by Gasteiger charge is 2.26. The maximum absolute atomic E-state index is 12.5. The quantitative estimate of drug-likeness (QED) is 0.694. The van der Waals surface area contributed by atoms with Crippen LogP contribution in [-0.2, 0) is 14.8 Å². The van der Waals surface area contributed by atoms with Gasteiger partial charge in [-0.2, -0.15) is 4.31 Å². The molecule has 8 heteroatoms. The van der Waals surface area contributed by atoms with Crippen LogP contribution in [0.4, 0.5) is 5.69 Å². The molecule has 0 atom stereocenters. The van der Waals surface area contributed by atoms with Crippen LogP contribution >= 0.6 is 11.8 Å². The Labute approximate surface area is 170 Å². The number of carbonyl (C=O) groups excluding carboxylic acids is 1. The third-order valence-corrected chi connectivity index (χ3v) is 7.45. The van der Waals surface area contributed by atoms with E-state index >= 15 is 0 Å². The van der Waals surface area contributed by atoms with Crippen molar-refractivity contribution in [2.24, 2.45) is 0 Å². The highest BCUT2D eigenvalue weighted by molar-refractivity contribution is 8.00. The fourth-order valence-electron chi connectivity index (χ4n) is 3.04. The Hall–Kier alpha value is -2.03. The molecule has 2 aromatic rings. The summed E-state index contributed by atoms with van der Waals surface area (Å²) < 4.78 is 31.9. The third kappa shape index (κ3) is 4.87. The van der Waals surface area contributed by atoms with Crippen LogP contribution in [0.1, 0.15) is 18.4 Å². The number of hydrogen-bond donors (Lipinski definition) is 1. The Morgan fingerprint density at radius 1 is 1.14 bits per heavy atom. The van der Waals surface area contributed by atoms with Crippen LogP contribution in [0, 0.1) is 6.92 Å². The molecule has 1 amide bonds. The first kappa shape index (κ1) is 20.7. The molecule has 28 heavy (non-hydrogen) atoms.